The first-order chi connectivity index (χ1) is 11.9. The van der Waals surface area contributed by atoms with Gasteiger partial charge in [-0.2, -0.15) is 0 Å². The van der Waals surface area contributed by atoms with E-state index in [4.69, 9.17) is 0 Å². The van der Waals surface area contributed by atoms with Gasteiger partial charge in [0, 0.05) is 12.6 Å². The van der Waals surface area contributed by atoms with E-state index in [1.807, 2.05) is 66.2 Å². The monoisotopic (exact) mass is 333 g/mol. The number of hydrogen-bond acceptors (Lipinski definition) is 2. The van der Waals surface area contributed by atoms with E-state index >= 15 is 0 Å². The van der Waals surface area contributed by atoms with E-state index in [-0.39, 0.29) is 11.3 Å². The van der Waals surface area contributed by atoms with E-state index in [0.29, 0.717) is 11.5 Å². The largest absolute Gasteiger partial charge is 0.313 e. The molecule has 0 spiro atoms. The van der Waals surface area contributed by atoms with Crippen LogP contribution in [0.1, 0.15) is 36.7 Å². The Morgan fingerprint density at radius 3 is 2.44 bits per heavy atom. The van der Waals surface area contributed by atoms with Crippen molar-refractivity contribution in [3.05, 3.63) is 71.9 Å². The van der Waals surface area contributed by atoms with E-state index in [2.05, 4.69) is 31.1 Å². The molecule has 4 heteroatoms. The molecule has 0 radical (unpaired) electrons. The maximum atomic E-state index is 12.6. The fourth-order valence-corrected chi connectivity index (χ4v) is 2.70. The number of aromatic nitrogens is 2. The molecule has 1 N–H and O–H groups in total. The van der Waals surface area contributed by atoms with E-state index < -0.39 is 0 Å². The van der Waals surface area contributed by atoms with Crippen LogP contribution in [0.25, 0.3) is 11.3 Å². The lowest BCUT2D eigenvalue weighted by Gasteiger charge is -2.19. The number of nitrogens with zero attached hydrogens (tertiary/aromatic N) is 2. The normalized spacial score (nSPS) is 11.4. The van der Waals surface area contributed by atoms with Crippen molar-refractivity contribution in [2.45, 2.75) is 26.2 Å². The van der Waals surface area contributed by atoms with Crippen molar-refractivity contribution in [1.82, 2.24) is 9.55 Å². The zero-order chi connectivity index (χ0) is 18.0. The Labute approximate surface area is 148 Å². The maximum absolute atomic E-state index is 12.6. The molecule has 1 heterocycles. The molecule has 3 rings (SSSR count). The number of carbonyl (C=O) groups excluding carboxylic acids is 1. The summed E-state index contributed by atoms with van der Waals surface area (Å²) in [7, 11) is 1.90. The third kappa shape index (κ3) is 3.63. The van der Waals surface area contributed by atoms with E-state index in [0.717, 1.165) is 16.8 Å². The lowest BCUT2D eigenvalue weighted by molar-refractivity contribution is 0.102. The molecule has 128 valence electrons. The highest BCUT2D eigenvalue weighted by molar-refractivity contribution is 6.03. The van der Waals surface area contributed by atoms with Gasteiger partial charge in [-0.05, 0) is 28.7 Å². The molecule has 3 aromatic rings. The minimum atomic E-state index is -0.153. The molecule has 0 saturated heterocycles. The van der Waals surface area contributed by atoms with Gasteiger partial charge in [-0.25, -0.2) is 4.98 Å². The Kier molecular flexibility index (Phi) is 4.45. The zero-order valence-corrected chi connectivity index (χ0v) is 15.1. The van der Waals surface area contributed by atoms with Crippen LogP contribution >= 0.6 is 0 Å². The smallest absolute Gasteiger partial charge is 0.257 e. The Balaban J connectivity index is 1.84. The van der Waals surface area contributed by atoms with Crippen LogP contribution in [-0.4, -0.2) is 15.5 Å². The zero-order valence-electron chi connectivity index (χ0n) is 15.1. The van der Waals surface area contributed by atoms with Crippen molar-refractivity contribution in [1.29, 1.82) is 0 Å². The minimum absolute atomic E-state index is 0.00000746. The van der Waals surface area contributed by atoms with Crippen LogP contribution in [0.4, 0.5) is 5.95 Å². The fourth-order valence-electron chi connectivity index (χ4n) is 2.70. The molecule has 0 aliphatic heterocycles. The molecule has 0 saturated carbocycles. The molecule has 1 amide bonds. The van der Waals surface area contributed by atoms with E-state index in [1.165, 1.54) is 0 Å². The summed E-state index contributed by atoms with van der Waals surface area (Å²) in [5, 5.41) is 2.91. The molecule has 4 nitrogen and oxygen atoms in total. The molecule has 0 unspecified atom stereocenters. The van der Waals surface area contributed by atoms with Crippen LogP contribution in [0.5, 0.6) is 0 Å². The molecule has 25 heavy (non-hydrogen) atoms. The van der Waals surface area contributed by atoms with Gasteiger partial charge < -0.3 is 4.57 Å². The second kappa shape index (κ2) is 6.55. The van der Waals surface area contributed by atoms with Gasteiger partial charge in [0.25, 0.3) is 5.91 Å². The van der Waals surface area contributed by atoms with Gasteiger partial charge in [-0.3, -0.25) is 10.1 Å². The second-order valence-corrected chi connectivity index (χ2v) is 7.18. The van der Waals surface area contributed by atoms with Crippen molar-refractivity contribution in [3.8, 4) is 11.3 Å². The predicted octanol–water partition coefficient (Wildman–Crippen LogP) is 4.64. The Hall–Kier alpha value is -2.88. The number of benzene rings is 2. The SMILES string of the molecule is Cn1c(-c2ccccc2)cnc1NC(=O)c1cccc(C(C)(C)C)c1. The summed E-state index contributed by atoms with van der Waals surface area (Å²) in [5.74, 6) is 0.379. The fraction of sp³-hybridized carbons (Fsp3) is 0.238. The Bertz CT molecular complexity index is 889. The van der Waals surface area contributed by atoms with E-state index in [1.54, 1.807) is 6.20 Å². The van der Waals surface area contributed by atoms with Crippen LogP contribution in [-0.2, 0) is 12.5 Å². The summed E-state index contributed by atoms with van der Waals surface area (Å²) in [6, 6.07) is 17.7. The van der Waals surface area contributed by atoms with Crippen LogP contribution in [0, 0.1) is 0 Å². The highest BCUT2D eigenvalue weighted by Crippen LogP contribution is 2.24. The van der Waals surface area contributed by atoms with Crippen LogP contribution in [0.3, 0.4) is 0 Å². The maximum Gasteiger partial charge on any atom is 0.257 e. The third-order valence-electron chi connectivity index (χ3n) is 4.27. The molecule has 0 bridgehead atoms. The van der Waals surface area contributed by atoms with Gasteiger partial charge in [-0.15, -0.1) is 0 Å². The average molecular weight is 333 g/mol. The first kappa shape index (κ1) is 17.0. The summed E-state index contributed by atoms with van der Waals surface area (Å²) >= 11 is 0. The van der Waals surface area contributed by atoms with Crippen molar-refractivity contribution >= 4 is 11.9 Å². The first-order valence-electron chi connectivity index (χ1n) is 8.35. The van der Waals surface area contributed by atoms with E-state index in [9.17, 15) is 4.79 Å². The summed E-state index contributed by atoms with van der Waals surface area (Å²) in [5.41, 5.74) is 3.79. The number of imidazole rings is 1. The number of rotatable bonds is 3. The van der Waals surface area contributed by atoms with Gasteiger partial charge in [0.15, 0.2) is 0 Å². The number of hydrogen-bond donors (Lipinski definition) is 1. The van der Waals surface area contributed by atoms with Gasteiger partial charge >= 0.3 is 0 Å². The van der Waals surface area contributed by atoms with Crippen molar-refractivity contribution in [2.24, 2.45) is 7.05 Å². The average Bonchev–Trinajstić information content (AvgIpc) is 2.96. The summed E-state index contributed by atoms with van der Waals surface area (Å²) < 4.78 is 1.89. The van der Waals surface area contributed by atoms with Gasteiger partial charge in [0.1, 0.15) is 0 Å². The quantitative estimate of drug-likeness (QED) is 0.759. The summed E-state index contributed by atoms with van der Waals surface area (Å²) in [6.45, 7) is 6.40. The molecular formula is C21H23N3O. The van der Waals surface area contributed by atoms with Gasteiger partial charge in [0.2, 0.25) is 5.95 Å². The molecular weight excluding hydrogens is 310 g/mol. The highest BCUT2D eigenvalue weighted by atomic mass is 16.1. The van der Waals surface area contributed by atoms with Crippen molar-refractivity contribution in [3.63, 3.8) is 0 Å². The lowest BCUT2D eigenvalue weighted by atomic mass is 9.86. The molecule has 0 aliphatic carbocycles. The summed E-state index contributed by atoms with van der Waals surface area (Å²) in [4.78, 5) is 17.0. The highest BCUT2D eigenvalue weighted by Gasteiger charge is 2.17. The third-order valence-corrected chi connectivity index (χ3v) is 4.27. The molecule has 0 aliphatic rings. The minimum Gasteiger partial charge on any atom is -0.313 e. The Morgan fingerprint density at radius 1 is 1.04 bits per heavy atom. The number of nitrogens with one attached hydrogen (secondary N) is 1. The molecule has 2 aromatic carbocycles. The molecule has 0 fully saturated rings. The van der Waals surface area contributed by atoms with Crippen molar-refractivity contribution in [2.75, 3.05) is 5.32 Å². The lowest BCUT2D eigenvalue weighted by Crippen LogP contribution is -2.17. The summed E-state index contributed by atoms with van der Waals surface area (Å²) in [6.07, 6.45) is 1.77. The Morgan fingerprint density at radius 2 is 1.76 bits per heavy atom. The number of anilines is 1. The van der Waals surface area contributed by atoms with Gasteiger partial charge in [0.05, 0.1) is 11.9 Å². The number of carbonyl (C=O) groups is 1. The topological polar surface area (TPSA) is 46.9 Å². The van der Waals surface area contributed by atoms with Crippen LogP contribution in [0.15, 0.2) is 60.8 Å². The standard InChI is InChI=1S/C21H23N3O/c1-21(2,3)17-12-8-11-16(13-17)19(25)23-20-22-14-18(24(20)4)15-9-6-5-7-10-15/h5-14H,1-4H3,(H,22,23,25). The second-order valence-electron chi connectivity index (χ2n) is 7.18. The van der Waals surface area contributed by atoms with Crippen LogP contribution < -0.4 is 5.32 Å². The number of amides is 1. The van der Waals surface area contributed by atoms with Gasteiger partial charge in [-0.1, -0.05) is 63.2 Å². The van der Waals surface area contributed by atoms with Crippen LogP contribution in [0.2, 0.25) is 0 Å². The molecule has 0 atom stereocenters. The van der Waals surface area contributed by atoms with Crippen molar-refractivity contribution < 1.29 is 4.79 Å². The predicted molar refractivity (Wildman–Crippen MR) is 102 cm³/mol. The molecule has 1 aromatic heterocycles. The first-order valence-corrected chi connectivity index (χ1v) is 8.35.